The number of hydrogen-bond donors (Lipinski definition) is 0. The fraction of sp³-hybridized carbons (Fsp3) is 0.444. The Labute approximate surface area is 203 Å². The number of rotatable bonds is 5. The van der Waals surface area contributed by atoms with Crippen molar-refractivity contribution in [2.75, 3.05) is 26.7 Å². The predicted molar refractivity (Wildman–Crippen MR) is 124 cm³/mol. The van der Waals surface area contributed by atoms with Gasteiger partial charge in [-0.3, -0.25) is 0 Å². The van der Waals surface area contributed by atoms with Crippen LogP contribution in [-0.2, 0) is 9.53 Å². The highest BCUT2D eigenvalue weighted by atomic mass is 127. The zero-order valence-corrected chi connectivity index (χ0v) is 20.9. The fourth-order valence-electron chi connectivity index (χ4n) is 5.43. The van der Waals surface area contributed by atoms with E-state index in [-0.39, 0.29) is 29.9 Å². The quantitative estimate of drug-likeness (QED) is 0.195. The van der Waals surface area contributed by atoms with Gasteiger partial charge in [0.15, 0.2) is 0 Å². The maximum absolute atomic E-state index is 12.4. The van der Waals surface area contributed by atoms with Gasteiger partial charge in [0.1, 0.15) is 6.61 Å². The Hall–Kier alpha value is -1.66. The van der Waals surface area contributed by atoms with Crippen LogP contribution in [0, 0.1) is 5.92 Å². The van der Waals surface area contributed by atoms with Crippen molar-refractivity contribution in [3.05, 3.63) is 65.8 Å². The molecule has 2 aliphatic heterocycles. The summed E-state index contributed by atoms with van der Waals surface area (Å²) in [6, 6.07) is 15.4. The minimum Gasteiger partial charge on any atom is -1.00 e. The minimum absolute atomic E-state index is 0. The van der Waals surface area contributed by atoms with Crippen molar-refractivity contribution in [3.63, 3.8) is 0 Å². The predicted octanol–water partition coefficient (Wildman–Crippen LogP) is 2.76. The summed E-state index contributed by atoms with van der Waals surface area (Å²) in [4.78, 5) is 12.4. The van der Waals surface area contributed by atoms with Gasteiger partial charge in [-0.25, -0.2) is 4.79 Å². The summed E-state index contributed by atoms with van der Waals surface area (Å²) >= 11 is 0. The van der Waals surface area contributed by atoms with Gasteiger partial charge < -0.3 is 33.2 Å². The molecule has 0 spiro atoms. The second-order valence-corrected chi connectivity index (χ2v) is 9.35. The number of fused-ring (bicyclic) bond motifs is 2. The first kappa shape index (κ1) is 24.0. The molecule has 4 rings (SSSR count). The number of esters is 1. The Kier molecular flexibility index (Phi) is 8.34. The summed E-state index contributed by atoms with van der Waals surface area (Å²) in [5, 5.41) is 2.46. The molecule has 4 heteroatoms. The van der Waals surface area contributed by atoms with Gasteiger partial charge in [-0.15, -0.1) is 0 Å². The maximum atomic E-state index is 12.4. The molecule has 0 N–H and O–H groups in total. The van der Waals surface area contributed by atoms with Crippen LogP contribution >= 0.6 is 0 Å². The largest absolute Gasteiger partial charge is 1.00 e. The van der Waals surface area contributed by atoms with Crippen molar-refractivity contribution in [1.82, 2.24) is 0 Å². The normalized spacial score (nSPS) is 26.3. The van der Waals surface area contributed by atoms with E-state index >= 15 is 0 Å². The minimum atomic E-state index is -0.216. The summed E-state index contributed by atoms with van der Waals surface area (Å²) < 4.78 is 6.88. The number of nitrogens with zero attached hydrogens (tertiary/aromatic N) is 1. The maximum Gasteiger partial charge on any atom is 0.331 e. The molecular weight excluding hydrogens is 497 g/mol. The number of carbonyl (C=O) groups is 1. The summed E-state index contributed by atoms with van der Waals surface area (Å²) in [6.07, 6.45) is 12.0. The van der Waals surface area contributed by atoms with Crippen LogP contribution in [0.1, 0.15) is 44.6 Å². The van der Waals surface area contributed by atoms with Crippen molar-refractivity contribution in [1.29, 1.82) is 0 Å². The van der Waals surface area contributed by atoms with Gasteiger partial charge in [0.2, 0.25) is 0 Å². The molecule has 2 aliphatic rings. The van der Waals surface area contributed by atoms with E-state index in [0.29, 0.717) is 18.6 Å². The van der Waals surface area contributed by atoms with Gasteiger partial charge >= 0.3 is 5.97 Å². The number of benzene rings is 2. The van der Waals surface area contributed by atoms with E-state index < -0.39 is 0 Å². The molecule has 0 saturated carbocycles. The van der Waals surface area contributed by atoms with Crippen molar-refractivity contribution < 1.29 is 38.0 Å². The molecule has 166 valence electrons. The van der Waals surface area contributed by atoms with E-state index in [9.17, 15) is 4.79 Å². The van der Waals surface area contributed by atoms with E-state index in [1.807, 2.05) is 13.0 Å². The number of hydrogen-bond acceptors (Lipinski definition) is 2. The lowest BCUT2D eigenvalue weighted by atomic mass is 9.82. The molecule has 3 atom stereocenters. The van der Waals surface area contributed by atoms with Crippen LogP contribution in [0.15, 0.2) is 60.2 Å². The Morgan fingerprint density at radius 1 is 1.06 bits per heavy atom. The monoisotopic (exact) mass is 531 g/mol. The number of ether oxygens (including phenoxy) is 1. The topological polar surface area (TPSA) is 26.3 Å². The van der Waals surface area contributed by atoms with Crippen LogP contribution in [0.2, 0.25) is 0 Å². The van der Waals surface area contributed by atoms with Crippen molar-refractivity contribution >= 4 is 22.8 Å². The molecule has 2 aromatic carbocycles. The molecule has 2 fully saturated rings. The van der Waals surface area contributed by atoms with E-state index in [0.717, 1.165) is 11.1 Å². The smallest absolute Gasteiger partial charge is 0.331 e. The van der Waals surface area contributed by atoms with Crippen molar-refractivity contribution in [3.8, 4) is 0 Å². The third-order valence-electron chi connectivity index (χ3n) is 7.10. The van der Waals surface area contributed by atoms with Crippen molar-refractivity contribution in [2.24, 2.45) is 5.92 Å². The molecule has 1 unspecified atom stereocenters. The van der Waals surface area contributed by atoms with Gasteiger partial charge in [0.05, 0.1) is 26.2 Å². The molecule has 0 aliphatic carbocycles. The highest BCUT2D eigenvalue weighted by molar-refractivity contribution is 5.85. The molecule has 3 nitrogen and oxygen atoms in total. The zero-order valence-electron chi connectivity index (χ0n) is 18.7. The van der Waals surface area contributed by atoms with Crippen LogP contribution in [0.4, 0.5) is 0 Å². The van der Waals surface area contributed by atoms with E-state index in [2.05, 4.69) is 55.6 Å². The van der Waals surface area contributed by atoms with Gasteiger partial charge in [-0.1, -0.05) is 48.6 Å². The summed E-state index contributed by atoms with van der Waals surface area (Å²) in [5.74, 6) is 0.293. The van der Waals surface area contributed by atoms with Crippen molar-refractivity contribution in [2.45, 2.75) is 45.1 Å². The average Bonchev–Trinajstić information content (AvgIpc) is 2.75. The third-order valence-corrected chi connectivity index (χ3v) is 7.10. The van der Waals surface area contributed by atoms with Gasteiger partial charge in [-0.2, -0.15) is 0 Å². The zero-order chi connectivity index (χ0) is 21.0. The van der Waals surface area contributed by atoms with E-state index in [1.165, 1.54) is 60.4 Å². The molecule has 0 radical (unpaired) electrons. The Morgan fingerprint density at radius 3 is 2.68 bits per heavy atom. The van der Waals surface area contributed by atoms with Gasteiger partial charge in [0.25, 0.3) is 0 Å². The number of allylic oxidation sites excluding steroid dienone is 2. The molecule has 0 bridgehead atoms. The molecule has 0 amide bonds. The first-order chi connectivity index (χ1) is 14.5. The second kappa shape index (κ2) is 10.8. The van der Waals surface area contributed by atoms with Crippen LogP contribution < -0.4 is 24.0 Å². The molecule has 2 aromatic rings. The van der Waals surface area contributed by atoms with E-state index in [1.54, 1.807) is 6.08 Å². The van der Waals surface area contributed by atoms with Crippen LogP contribution in [-0.4, -0.2) is 43.2 Å². The summed E-state index contributed by atoms with van der Waals surface area (Å²) in [6.45, 7) is 5.09. The van der Waals surface area contributed by atoms with Crippen LogP contribution in [0.5, 0.6) is 0 Å². The number of carbonyl (C=O) groups excluding carboxylic acids is 1. The van der Waals surface area contributed by atoms with Gasteiger partial charge in [-0.05, 0) is 60.6 Å². The first-order valence-corrected chi connectivity index (χ1v) is 11.4. The molecule has 31 heavy (non-hydrogen) atoms. The second-order valence-electron chi connectivity index (χ2n) is 9.35. The Balaban J connectivity index is 0.00000272. The highest BCUT2D eigenvalue weighted by Gasteiger charge is 2.43. The van der Waals surface area contributed by atoms with Crippen LogP contribution in [0.25, 0.3) is 16.8 Å². The number of halogens is 1. The Morgan fingerprint density at radius 2 is 1.84 bits per heavy atom. The van der Waals surface area contributed by atoms with Crippen LogP contribution in [0.3, 0.4) is 0 Å². The molecule has 2 heterocycles. The first-order valence-electron chi connectivity index (χ1n) is 11.4. The molecular formula is C27H34INO2. The average molecular weight is 531 g/mol. The van der Waals surface area contributed by atoms with E-state index in [4.69, 9.17) is 4.74 Å². The standard InChI is InChI=1S/C27H34NO2.HI/c1-21(12-13-22-14-15-23-8-3-4-9-24(23)19-22)18-27(29)30-20-25-10-7-17-28(2)16-6-5-11-26(25)28;/h3-4,8-9,12-15,18-19,25-26H,5-7,10-11,16-17,20H2,1-2H3;1H/q+1;/p-1/t25-,26+,28?;/m1./s1. The molecule has 0 aromatic heterocycles. The lowest BCUT2D eigenvalue weighted by Gasteiger charge is -2.51. The molecule has 2 saturated heterocycles. The number of quaternary nitrogens is 1. The SMILES string of the molecule is CC(C=Cc1ccc2ccccc2c1)=CC(=O)OC[C@H]1CCC[N+]2(C)CCCC[C@@H]12.[I-]. The lowest BCUT2D eigenvalue weighted by Crippen LogP contribution is -3.00. The van der Waals surface area contributed by atoms with Gasteiger partial charge in [0, 0.05) is 18.4 Å². The lowest BCUT2D eigenvalue weighted by molar-refractivity contribution is -0.947. The summed E-state index contributed by atoms with van der Waals surface area (Å²) in [5.41, 5.74) is 2.04. The Bertz CT molecular complexity index is 963. The third kappa shape index (κ3) is 5.98. The number of piperidine rings is 2. The summed E-state index contributed by atoms with van der Waals surface area (Å²) in [7, 11) is 2.40. The highest BCUT2D eigenvalue weighted by Crippen LogP contribution is 2.36. The fourth-order valence-corrected chi connectivity index (χ4v) is 5.43.